The number of fused-ring (bicyclic) bond motifs is 1. The van der Waals surface area contributed by atoms with Crippen LogP contribution in [0.15, 0.2) is 48.7 Å². The molecule has 0 radical (unpaired) electrons. The highest BCUT2D eigenvalue weighted by atomic mass is 35.5. The van der Waals surface area contributed by atoms with Crippen LogP contribution in [-0.4, -0.2) is 29.0 Å². The van der Waals surface area contributed by atoms with Crippen molar-refractivity contribution in [2.45, 2.75) is 13.0 Å². The van der Waals surface area contributed by atoms with E-state index < -0.39 is 0 Å². The second-order valence-corrected chi connectivity index (χ2v) is 6.67. The summed E-state index contributed by atoms with van der Waals surface area (Å²) in [6.45, 7) is 0.765. The van der Waals surface area contributed by atoms with Crippen LogP contribution in [0.1, 0.15) is 21.6 Å². The van der Waals surface area contributed by atoms with E-state index in [1.54, 1.807) is 23.0 Å². The molecule has 1 aliphatic heterocycles. The summed E-state index contributed by atoms with van der Waals surface area (Å²) in [4.78, 5) is 12.4. The molecule has 0 unspecified atom stereocenters. The number of carbonyl (C=O) groups is 1. The van der Waals surface area contributed by atoms with Gasteiger partial charge in [-0.25, -0.2) is 9.07 Å². The Hall–Kier alpha value is -2.90. The van der Waals surface area contributed by atoms with Gasteiger partial charge < -0.3 is 14.8 Å². The average Bonchev–Trinajstić information content (AvgIpc) is 3.18. The molecular weight excluding hydrogens is 385 g/mol. The Morgan fingerprint density at radius 2 is 2.14 bits per heavy atom. The molecule has 144 valence electrons. The molecule has 1 aliphatic rings. The molecule has 0 spiro atoms. The zero-order valence-electron chi connectivity index (χ0n) is 14.8. The Labute approximate surface area is 165 Å². The van der Waals surface area contributed by atoms with E-state index in [-0.39, 0.29) is 24.2 Å². The number of benzene rings is 2. The van der Waals surface area contributed by atoms with Gasteiger partial charge in [0.1, 0.15) is 11.6 Å². The normalized spacial score (nSPS) is 12.9. The van der Waals surface area contributed by atoms with E-state index in [0.717, 1.165) is 0 Å². The fraction of sp³-hybridized carbons (Fsp3) is 0.200. The van der Waals surface area contributed by atoms with Crippen molar-refractivity contribution < 1.29 is 18.7 Å². The molecule has 1 N–H and O–H groups in total. The first-order chi connectivity index (χ1) is 13.6. The van der Waals surface area contributed by atoms with E-state index in [0.29, 0.717) is 47.2 Å². The van der Waals surface area contributed by atoms with Crippen molar-refractivity contribution in [2.24, 2.45) is 0 Å². The van der Waals surface area contributed by atoms with Gasteiger partial charge in [-0.05, 0) is 42.3 Å². The molecule has 0 saturated carbocycles. The van der Waals surface area contributed by atoms with E-state index in [9.17, 15) is 9.18 Å². The number of amides is 1. The maximum absolute atomic E-state index is 13.8. The average molecular weight is 402 g/mol. The number of hydrogen-bond donors (Lipinski definition) is 1. The van der Waals surface area contributed by atoms with Crippen molar-refractivity contribution in [1.29, 1.82) is 0 Å². The van der Waals surface area contributed by atoms with Crippen LogP contribution >= 0.6 is 11.6 Å². The quantitative estimate of drug-likeness (QED) is 0.710. The summed E-state index contributed by atoms with van der Waals surface area (Å²) in [5.74, 6) is -0.0436. The molecule has 0 fully saturated rings. The predicted molar refractivity (Wildman–Crippen MR) is 101 cm³/mol. The SMILES string of the molecule is O=C(NCCc1cc(F)cc2c1OCOC2)c1ccn(-c2ccccc2Cl)n1. The summed E-state index contributed by atoms with van der Waals surface area (Å²) in [5, 5.41) is 7.61. The molecule has 0 atom stereocenters. The van der Waals surface area contributed by atoms with Gasteiger partial charge in [-0.3, -0.25) is 4.79 Å². The third-order valence-corrected chi connectivity index (χ3v) is 4.67. The maximum Gasteiger partial charge on any atom is 0.271 e. The van der Waals surface area contributed by atoms with Gasteiger partial charge in [0.2, 0.25) is 0 Å². The first-order valence-corrected chi connectivity index (χ1v) is 9.10. The summed E-state index contributed by atoms with van der Waals surface area (Å²) in [7, 11) is 0. The van der Waals surface area contributed by atoms with Crippen molar-refractivity contribution in [3.63, 3.8) is 0 Å². The lowest BCUT2D eigenvalue weighted by Crippen LogP contribution is -2.26. The lowest BCUT2D eigenvalue weighted by Gasteiger charge is -2.20. The van der Waals surface area contributed by atoms with Crippen molar-refractivity contribution in [1.82, 2.24) is 15.1 Å². The van der Waals surface area contributed by atoms with Crippen molar-refractivity contribution in [2.75, 3.05) is 13.3 Å². The smallest absolute Gasteiger partial charge is 0.271 e. The molecule has 2 heterocycles. The van der Waals surface area contributed by atoms with Crippen LogP contribution in [0.2, 0.25) is 5.02 Å². The van der Waals surface area contributed by atoms with E-state index in [2.05, 4.69) is 10.4 Å². The molecular formula is C20H17ClFN3O3. The van der Waals surface area contributed by atoms with Crippen molar-refractivity contribution in [3.05, 3.63) is 76.3 Å². The Balaban J connectivity index is 1.41. The second-order valence-electron chi connectivity index (χ2n) is 6.27. The number of hydrogen-bond acceptors (Lipinski definition) is 4. The first kappa shape index (κ1) is 18.5. The molecule has 2 aromatic carbocycles. The van der Waals surface area contributed by atoms with Crippen LogP contribution in [0.3, 0.4) is 0 Å². The third-order valence-electron chi connectivity index (χ3n) is 4.35. The Kier molecular flexibility index (Phi) is 5.27. The van der Waals surface area contributed by atoms with E-state index in [1.165, 1.54) is 12.1 Å². The zero-order valence-corrected chi connectivity index (χ0v) is 15.6. The number of para-hydroxylation sites is 1. The van der Waals surface area contributed by atoms with E-state index >= 15 is 0 Å². The summed E-state index contributed by atoms with van der Waals surface area (Å²) in [6.07, 6.45) is 2.10. The summed E-state index contributed by atoms with van der Waals surface area (Å²) >= 11 is 6.16. The molecule has 8 heteroatoms. The molecule has 6 nitrogen and oxygen atoms in total. The lowest BCUT2D eigenvalue weighted by molar-refractivity contribution is -0.0172. The first-order valence-electron chi connectivity index (χ1n) is 8.72. The molecule has 3 aromatic rings. The van der Waals surface area contributed by atoms with Gasteiger partial charge in [0.15, 0.2) is 12.5 Å². The van der Waals surface area contributed by atoms with Crippen LogP contribution in [0.5, 0.6) is 5.75 Å². The largest absolute Gasteiger partial charge is 0.467 e. The number of nitrogens with zero attached hydrogens (tertiary/aromatic N) is 2. The summed E-state index contributed by atoms with van der Waals surface area (Å²) < 4.78 is 26.0. The van der Waals surface area contributed by atoms with Crippen LogP contribution in [-0.2, 0) is 17.8 Å². The minimum Gasteiger partial charge on any atom is -0.467 e. The number of nitrogens with one attached hydrogen (secondary N) is 1. The van der Waals surface area contributed by atoms with E-state index in [1.807, 2.05) is 18.2 Å². The van der Waals surface area contributed by atoms with Crippen LogP contribution in [0, 0.1) is 5.82 Å². The summed E-state index contributed by atoms with van der Waals surface area (Å²) in [5.41, 5.74) is 2.33. The standard InChI is InChI=1S/C20H17ClFN3O3/c21-16-3-1-2-4-18(16)25-8-6-17(24-25)20(26)23-7-5-13-9-15(22)10-14-11-27-12-28-19(13)14/h1-4,6,8-10H,5,7,11-12H2,(H,23,26). The van der Waals surface area contributed by atoms with Gasteiger partial charge in [-0.1, -0.05) is 23.7 Å². The fourth-order valence-corrected chi connectivity index (χ4v) is 3.28. The van der Waals surface area contributed by atoms with Crippen molar-refractivity contribution in [3.8, 4) is 11.4 Å². The summed E-state index contributed by atoms with van der Waals surface area (Å²) in [6, 6.07) is 11.7. The molecule has 0 bridgehead atoms. The predicted octanol–water partition coefficient (Wildman–Crippen LogP) is 3.50. The Morgan fingerprint density at radius 3 is 3.00 bits per heavy atom. The van der Waals surface area contributed by atoms with E-state index in [4.69, 9.17) is 21.1 Å². The minimum atomic E-state index is -0.354. The fourth-order valence-electron chi connectivity index (χ4n) is 3.06. The van der Waals surface area contributed by atoms with Gasteiger partial charge >= 0.3 is 0 Å². The lowest BCUT2D eigenvalue weighted by atomic mass is 10.1. The Morgan fingerprint density at radius 1 is 1.29 bits per heavy atom. The van der Waals surface area contributed by atoms with Gasteiger partial charge in [0.25, 0.3) is 5.91 Å². The molecule has 1 amide bonds. The minimum absolute atomic E-state index is 0.136. The molecule has 1 aromatic heterocycles. The van der Waals surface area contributed by atoms with Gasteiger partial charge in [0, 0.05) is 18.3 Å². The highest BCUT2D eigenvalue weighted by Gasteiger charge is 2.17. The van der Waals surface area contributed by atoms with Gasteiger partial charge in [0.05, 0.1) is 17.3 Å². The van der Waals surface area contributed by atoms with Crippen LogP contribution in [0.25, 0.3) is 5.69 Å². The Bertz CT molecular complexity index is 1020. The monoisotopic (exact) mass is 401 g/mol. The van der Waals surface area contributed by atoms with Gasteiger partial charge in [-0.2, -0.15) is 5.10 Å². The maximum atomic E-state index is 13.8. The zero-order chi connectivity index (χ0) is 19.5. The molecule has 28 heavy (non-hydrogen) atoms. The van der Waals surface area contributed by atoms with Crippen LogP contribution < -0.4 is 10.1 Å². The number of aromatic nitrogens is 2. The molecule has 0 aliphatic carbocycles. The number of carbonyl (C=O) groups excluding carboxylic acids is 1. The third kappa shape index (κ3) is 3.85. The molecule has 0 saturated heterocycles. The molecule has 4 rings (SSSR count). The van der Waals surface area contributed by atoms with Gasteiger partial charge in [-0.15, -0.1) is 0 Å². The number of halogens is 2. The number of rotatable bonds is 5. The highest BCUT2D eigenvalue weighted by Crippen LogP contribution is 2.29. The van der Waals surface area contributed by atoms with Crippen LogP contribution in [0.4, 0.5) is 4.39 Å². The highest BCUT2D eigenvalue weighted by molar-refractivity contribution is 6.32. The van der Waals surface area contributed by atoms with Crippen molar-refractivity contribution >= 4 is 17.5 Å². The second kappa shape index (κ2) is 8.00. The number of ether oxygens (including phenoxy) is 2. The topological polar surface area (TPSA) is 65.4 Å².